The Kier molecular flexibility index (Phi) is 4.79. The summed E-state index contributed by atoms with van der Waals surface area (Å²) in [6, 6.07) is 23.1. The van der Waals surface area contributed by atoms with Crippen LogP contribution in [0.15, 0.2) is 77.3 Å². The van der Waals surface area contributed by atoms with Crippen molar-refractivity contribution in [2.75, 3.05) is 0 Å². The smallest absolute Gasteiger partial charge is 0.216 e. The highest BCUT2D eigenvalue weighted by molar-refractivity contribution is 6.17. The second-order valence-electron chi connectivity index (χ2n) is 8.69. The highest BCUT2D eigenvalue weighted by Gasteiger charge is 2.23. The van der Waals surface area contributed by atoms with Crippen LogP contribution in [0, 0.1) is 13.5 Å². The van der Waals surface area contributed by atoms with Crippen molar-refractivity contribution in [3.8, 4) is 22.4 Å². The first-order chi connectivity index (χ1) is 15.5. The van der Waals surface area contributed by atoms with E-state index in [0.29, 0.717) is 11.6 Å². The van der Waals surface area contributed by atoms with Gasteiger partial charge in [-0.05, 0) is 53.3 Å². The fourth-order valence-corrected chi connectivity index (χ4v) is 4.51. The molecule has 3 nitrogen and oxygen atoms in total. The van der Waals surface area contributed by atoms with E-state index >= 15 is 0 Å². The average molecular weight is 418 g/mol. The molecule has 0 aliphatic carbocycles. The summed E-state index contributed by atoms with van der Waals surface area (Å²) < 4.78 is 8.61. The van der Waals surface area contributed by atoms with Crippen LogP contribution in [0.2, 0.25) is 0 Å². The third-order valence-electron chi connectivity index (χ3n) is 6.25. The summed E-state index contributed by atoms with van der Waals surface area (Å²) in [5, 5.41) is 2.13. The summed E-state index contributed by atoms with van der Waals surface area (Å²) in [6.07, 6.45) is 2.05. The molecule has 2 heterocycles. The molecule has 0 saturated carbocycles. The number of benzene rings is 3. The number of nitrogens with zero attached hydrogens (tertiary/aromatic N) is 2. The van der Waals surface area contributed by atoms with Crippen molar-refractivity contribution >= 4 is 27.6 Å². The van der Waals surface area contributed by atoms with Gasteiger partial charge in [-0.15, -0.1) is 0 Å². The molecule has 0 spiro atoms. The fourth-order valence-electron chi connectivity index (χ4n) is 4.51. The van der Waals surface area contributed by atoms with Gasteiger partial charge in [0.1, 0.15) is 18.2 Å². The summed E-state index contributed by atoms with van der Waals surface area (Å²) in [5.41, 5.74) is 9.20. The van der Waals surface area contributed by atoms with Crippen LogP contribution in [-0.4, -0.2) is 0 Å². The molecule has 0 amide bonds. The molecule has 0 bridgehead atoms. The second kappa shape index (κ2) is 7.66. The zero-order valence-corrected chi connectivity index (χ0v) is 18.8. The minimum absolute atomic E-state index is 0.494. The van der Waals surface area contributed by atoms with E-state index in [-0.39, 0.29) is 0 Å². The molecule has 0 unspecified atom stereocenters. The predicted octanol–water partition coefficient (Wildman–Crippen LogP) is 7.73. The van der Waals surface area contributed by atoms with Gasteiger partial charge in [-0.1, -0.05) is 50.2 Å². The molecule has 0 radical (unpaired) electrons. The van der Waals surface area contributed by atoms with E-state index in [4.69, 9.17) is 11.0 Å². The Morgan fingerprint density at radius 1 is 0.969 bits per heavy atom. The summed E-state index contributed by atoms with van der Waals surface area (Å²) >= 11 is 0. The highest BCUT2D eigenvalue weighted by Crippen LogP contribution is 2.43. The van der Waals surface area contributed by atoms with Gasteiger partial charge in [0.05, 0.1) is 12.1 Å². The minimum atomic E-state index is 0.494. The number of furan rings is 1. The monoisotopic (exact) mass is 417 g/mol. The zero-order valence-electron chi connectivity index (χ0n) is 18.8. The topological polar surface area (TPSA) is 21.4 Å². The number of rotatable bonds is 3. The van der Waals surface area contributed by atoms with Crippen molar-refractivity contribution in [1.82, 2.24) is 0 Å². The average Bonchev–Trinajstić information content (AvgIpc) is 3.17. The van der Waals surface area contributed by atoms with Crippen LogP contribution < -0.4 is 4.57 Å². The summed E-state index contributed by atoms with van der Waals surface area (Å²) in [6.45, 7) is 14.0. The van der Waals surface area contributed by atoms with Crippen molar-refractivity contribution in [2.24, 2.45) is 7.05 Å². The number of aromatic nitrogens is 1. The molecule has 32 heavy (non-hydrogen) atoms. The lowest BCUT2D eigenvalue weighted by Crippen LogP contribution is -2.30. The Morgan fingerprint density at radius 3 is 2.44 bits per heavy atom. The lowest BCUT2D eigenvalue weighted by atomic mass is 9.91. The van der Waals surface area contributed by atoms with Crippen molar-refractivity contribution in [1.29, 1.82) is 0 Å². The van der Waals surface area contributed by atoms with Crippen molar-refractivity contribution < 1.29 is 8.98 Å². The Hall–Kier alpha value is -3.90. The van der Waals surface area contributed by atoms with Gasteiger partial charge >= 0.3 is 0 Å². The molecule has 0 saturated heterocycles. The molecule has 0 fully saturated rings. The molecule has 3 heteroatoms. The Balaban J connectivity index is 1.89. The van der Waals surface area contributed by atoms with E-state index in [2.05, 4.69) is 85.9 Å². The van der Waals surface area contributed by atoms with E-state index in [9.17, 15) is 0 Å². The van der Waals surface area contributed by atoms with Gasteiger partial charge in [0.2, 0.25) is 5.69 Å². The summed E-state index contributed by atoms with van der Waals surface area (Å²) in [4.78, 5) is 3.60. The van der Waals surface area contributed by atoms with Crippen LogP contribution >= 0.6 is 0 Å². The molecule has 0 N–H and O–H groups in total. The molecule has 5 rings (SSSR count). The van der Waals surface area contributed by atoms with Gasteiger partial charge in [0, 0.05) is 22.9 Å². The maximum atomic E-state index is 7.40. The van der Waals surface area contributed by atoms with Crippen molar-refractivity contribution in [3.63, 3.8) is 0 Å². The number of aryl methyl sites for hydroxylation is 2. The number of pyridine rings is 1. The third kappa shape index (κ3) is 3.16. The number of hydrogen-bond donors (Lipinski definition) is 0. The molecular formula is C29H25N2O+. The van der Waals surface area contributed by atoms with E-state index in [1.165, 1.54) is 11.1 Å². The van der Waals surface area contributed by atoms with Crippen LogP contribution in [0.25, 0.3) is 49.2 Å². The Morgan fingerprint density at radius 2 is 1.75 bits per heavy atom. The quantitative estimate of drug-likeness (QED) is 0.217. The van der Waals surface area contributed by atoms with E-state index in [0.717, 1.165) is 44.3 Å². The Labute approximate surface area is 188 Å². The van der Waals surface area contributed by atoms with Crippen LogP contribution in [0.4, 0.5) is 5.69 Å². The van der Waals surface area contributed by atoms with Gasteiger partial charge in [-0.3, -0.25) is 0 Å². The molecule has 2 aromatic heterocycles. The predicted molar refractivity (Wildman–Crippen MR) is 131 cm³/mol. The minimum Gasteiger partial charge on any atom is -0.456 e. The zero-order chi connectivity index (χ0) is 22.4. The lowest BCUT2D eigenvalue weighted by Gasteiger charge is -2.12. The first-order valence-corrected chi connectivity index (χ1v) is 10.9. The van der Waals surface area contributed by atoms with Gasteiger partial charge in [-0.25, -0.2) is 9.41 Å². The summed E-state index contributed by atoms with van der Waals surface area (Å²) in [7, 11) is 2.05. The van der Waals surface area contributed by atoms with Gasteiger partial charge in [0.15, 0.2) is 11.9 Å². The van der Waals surface area contributed by atoms with E-state index in [1.807, 2.05) is 24.3 Å². The highest BCUT2D eigenvalue weighted by atomic mass is 16.3. The SMILES string of the molecule is [C-]#[N+]c1ccc2c(c1)oc1c(-c3cccc[n+]3C)c(C)cc(-c3ccc(C(C)C)cc3)c12. The van der Waals surface area contributed by atoms with Crippen molar-refractivity contribution in [2.45, 2.75) is 26.7 Å². The second-order valence-corrected chi connectivity index (χ2v) is 8.69. The normalized spacial score (nSPS) is 11.4. The summed E-state index contributed by atoms with van der Waals surface area (Å²) in [5.74, 6) is 0.494. The standard InChI is InChI=1S/C29H25N2O/c1-18(2)20-9-11-21(12-10-20)24-16-19(3)27(25-8-6-7-15-31(25)5)29-28(24)23-14-13-22(30-4)17-26(23)32-29/h6-18H,1-3,5H3/q+1. The number of fused-ring (bicyclic) bond motifs is 3. The van der Waals surface area contributed by atoms with Gasteiger partial charge in [0.25, 0.3) is 0 Å². The molecule has 0 atom stereocenters. The van der Waals surface area contributed by atoms with Crippen LogP contribution in [0.3, 0.4) is 0 Å². The molecule has 3 aromatic carbocycles. The van der Waals surface area contributed by atoms with Crippen LogP contribution in [-0.2, 0) is 7.05 Å². The van der Waals surface area contributed by atoms with Crippen LogP contribution in [0.5, 0.6) is 0 Å². The molecular weight excluding hydrogens is 392 g/mol. The van der Waals surface area contributed by atoms with Crippen molar-refractivity contribution in [3.05, 3.63) is 95.5 Å². The van der Waals surface area contributed by atoms with E-state index < -0.39 is 0 Å². The first-order valence-electron chi connectivity index (χ1n) is 10.9. The third-order valence-corrected chi connectivity index (χ3v) is 6.25. The van der Waals surface area contributed by atoms with Gasteiger partial charge in [-0.2, -0.15) is 0 Å². The maximum Gasteiger partial charge on any atom is 0.216 e. The van der Waals surface area contributed by atoms with Crippen LogP contribution in [0.1, 0.15) is 30.9 Å². The maximum absolute atomic E-state index is 7.40. The first kappa shape index (κ1) is 20.0. The number of hydrogen-bond acceptors (Lipinski definition) is 1. The lowest BCUT2D eigenvalue weighted by molar-refractivity contribution is -0.660. The fraction of sp³-hybridized carbons (Fsp3) is 0.172. The molecule has 156 valence electrons. The molecule has 5 aromatic rings. The molecule has 0 aliphatic rings. The van der Waals surface area contributed by atoms with E-state index in [1.54, 1.807) is 0 Å². The largest absolute Gasteiger partial charge is 0.456 e. The Bertz CT molecular complexity index is 1520. The molecule has 0 aliphatic heterocycles. The van der Waals surface area contributed by atoms with Gasteiger partial charge < -0.3 is 4.42 Å².